The van der Waals surface area contributed by atoms with Crippen molar-refractivity contribution in [2.75, 3.05) is 20.2 Å². The van der Waals surface area contributed by atoms with Crippen LogP contribution < -0.4 is 4.74 Å². The first-order chi connectivity index (χ1) is 12.3. The fourth-order valence-corrected chi connectivity index (χ4v) is 4.17. The summed E-state index contributed by atoms with van der Waals surface area (Å²) in [6.45, 7) is 6.14. The fourth-order valence-electron chi connectivity index (χ4n) is 2.32. The van der Waals surface area contributed by atoms with E-state index in [2.05, 4.69) is 22.5 Å². The predicted molar refractivity (Wildman–Crippen MR) is 110 cm³/mol. The van der Waals surface area contributed by atoms with Crippen LogP contribution in [0.2, 0.25) is 0 Å². The summed E-state index contributed by atoms with van der Waals surface area (Å²) in [4.78, 5) is 0.273. The predicted octanol–water partition coefficient (Wildman–Crippen LogP) is 4.62. The van der Waals surface area contributed by atoms with Crippen molar-refractivity contribution in [3.05, 3.63) is 76.8 Å². The number of methoxy groups -OCH3 is 1. The minimum Gasteiger partial charge on any atom is -0.497 e. The third-order valence-electron chi connectivity index (χ3n) is 3.74. The molecule has 0 amide bonds. The van der Waals surface area contributed by atoms with Crippen LogP contribution in [0.1, 0.15) is 11.1 Å². The summed E-state index contributed by atoms with van der Waals surface area (Å²) in [5.41, 5.74) is 1.98. The number of nitrogens with zero attached hydrogens (tertiary/aromatic N) is 1. The zero-order chi connectivity index (χ0) is 19.2. The highest BCUT2D eigenvalue weighted by Gasteiger charge is 2.23. The quantitative estimate of drug-likeness (QED) is 0.607. The SMILES string of the molecule is C=C(Br)CN(CC=Cc1ccc(OC)cc1)S(=O)(=O)c1ccc(C)cc1. The van der Waals surface area contributed by atoms with Gasteiger partial charge >= 0.3 is 0 Å². The normalized spacial score (nSPS) is 11.8. The number of ether oxygens (including phenoxy) is 1. The first-order valence-electron chi connectivity index (χ1n) is 8.03. The lowest BCUT2D eigenvalue weighted by Gasteiger charge is -2.20. The van der Waals surface area contributed by atoms with Crippen LogP contribution in [0.25, 0.3) is 6.08 Å². The molecule has 0 aliphatic carbocycles. The summed E-state index contributed by atoms with van der Waals surface area (Å²) in [7, 11) is -1.99. The molecule has 4 nitrogen and oxygen atoms in total. The van der Waals surface area contributed by atoms with Crippen molar-refractivity contribution in [1.82, 2.24) is 4.31 Å². The number of benzene rings is 2. The first-order valence-corrected chi connectivity index (χ1v) is 10.3. The highest BCUT2D eigenvalue weighted by atomic mass is 79.9. The molecule has 0 aliphatic rings. The lowest BCUT2D eigenvalue weighted by atomic mass is 10.2. The van der Waals surface area contributed by atoms with Crippen molar-refractivity contribution in [2.45, 2.75) is 11.8 Å². The molecule has 0 saturated carbocycles. The Kier molecular flexibility index (Phi) is 7.20. The van der Waals surface area contributed by atoms with Gasteiger partial charge in [-0.3, -0.25) is 0 Å². The zero-order valence-electron chi connectivity index (χ0n) is 14.9. The fraction of sp³-hybridized carbons (Fsp3) is 0.200. The van der Waals surface area contributed by atoms with Gasteiger partial charge in [0.1, 0.15) is 5.75 Å². The molecule has 2 aromatic rings. The number of aryl methyl sites for hydroxylation is 1. The Morgan fingerprint density at radius 3 is 2.31 bits per heavy atom. The second-order valence-electron chi connectivity index (χ2n) is 5.80. The van der Waals surface area contributed by atoms with Crippen LogP contribution in [-0.4, -0.2) is 32.9 Å². The molecule has 0 aromatic heterocycles. The molecule has 0 spiro atoms. The number of hydrogen-bond donors (Lipinski definition) is 0. The molecule has 0 saturated heterocycles. The van der Waals surface area contributed by atoms with Crippen molar-refractivity contribution < 1.29 is 13.2 Å². The van der Waals surface area contributed by atoms with Gasteiger partial charge in [0.05, 0.1) is 12.0 Å². The van der Waals surface area contributed by atoms with Crippen LogP contribution in [0.15, 0.2) is 70.6 Å². The van der Waals surface area contributed by atoms with E-state index < -0.39 is 10.0 Å². The van der Waals surface area contributed by atoms with Crippen molar-refractivity contribution >= 4 is 32.0 Å². The Balaban J connectivity index is 2.19. The van der Waals surface area contributed by atoms with E-state index in [0.29, 0.717) is 4.48 Å². The van der Waals surface area contributed by atoms with E-state index in [9.17, 15) is 8.42 Å². The van der Waals surface area contributed by atoms with Gasteiger partial charge in [-0.25, -0.2) is 8.42 Å². The average Bonchev–Trinajstić information content (AvgIpc) is 2.61. The molecule has 6 heteroatoms. The molecule has 0 unspecified atom stereocenters. The molecule has 0 fully saturated rings. The maximum Gasteiger partial charge on any atom is 0.243 e. The summed E-state index contributed by atoms with van der Waals surface area (Å²) in [5, 5.41) is 0. The van der Waals surface area contributed by atoms with Gasteiger partial charge in [0.15, 0.2) is 0 Å². The molecule has 0 heterocycles. The number of sulfonamides is 1. The van der Waals surface area contributed by atoms with Crippen LogP contribution in [-0.2, 0) is 10.0 Å². The zero-order valence-corrected chi connectivity index (χ0v) is 17.3. The summed E-state index contributed by atoms with van der Waals surface area (Å²) in [6.07, 6.45) is 3.71. The molecule has 2 aromatic carbocycles. The average molecular weight is 436 g/mol. The van der Waals surface area contributed by atoms with Crippen LogP contribution in [0.3, 0.4) is 0 Å². The maximum atomic E-state index is 12.9. The van der Waals surface area contributed by atoms with E-state index in [-0.39, 0.29) is 18.0 Å². The molecule has 2 rings (SSSR count). The van der Waals surface area contributed by atoms with Crippen molar-refractivity contribution in [1.29, 1.82) is 0 Å². The van der Waals surface area contributed by atoms with Crippen LogP contribution in [0, 0.1) is 6.92 Å². The Bertz CT molecular complexity index is 872. The number of hydrogen-bond acceptors (Lipinski definition) is 3. The van der Waals surface area contributed by atoms with Gasteiger partial charge in [0.25, 0.3) is 0 Å². The van der Waals surface area contributed by atoms with E-state index in [1.165, 1.54) is 4.31 Å². The third kappa shape index (κ3) is 5.56. The van der Waals surface area contributed by atoms with Crippen molar-refractivity contribution in [2.24, 2.45) is 0 Å². The molecule has 0 bridgehead atoms. The highest BCUT2D eigenvalue weighted by molar-refractivity contribution is 9.11. The lowest BCUT2D eigenvalue weighted by molar-refractivity contribution is 0.415. The molecule has 138 valence electrons. The highest BCUT2D eigenvalue weighted by Crippen LogP contribution is 2.19. The largest absolute Gasteiger partial charge is 0.497 e. The molecular formula is C20H22BrNO3S. The Morgan fingerprint density at radius 1 is 1.15 bits per heavy atom. The number of rotatable bonds is 8. The minimum absolute atomic E-state index is 0.198. The summed E-state index contributed by atoms with van der Waals surface area (Å²) in [5.74, 6) is 0.779. The van der Waals surface area contributed by atoms with E-state index in [0.717, 1.165) is 16.9 Å². The first kappa shape index (κ1) is 20.4. The second kappa shape index (κ2) is 9.16. The van der Waals surface area contributed by atoms with E-state index in [4.69, 9.17) is 4.74 Å². The lowest BCUT2D eigenvalue weighted by Crippen LogP contribution is -2.32. The summed E-state index contributed by atoms with van der Waals surface area (Å²) < 4.78 is 33.0. The van der Waals surface area contributed by atoms with E-state index >= 15 is 0 Å². The second-order valence-corrected chi connectivity index (χ2v) is 8.86. The smallest absolute Gasteiger partial charge is 0.243 e. The van der Waals surface area contributed by atoms with E-state index in [1.54, 1.807) is 31.4 Å². The van der Waals surface area contributed by atoms with E-state index in [1.807, 2.05) is 43.3 Å². The monoisotopic (exact) mass is 435 g/mol. The molecule has 0 N–H and O–H groups in total. The topological polar surface area (TPSA) is 46.6 Å². The molecule has 0 atom stereocenters. The van der Waals surface area contributed by atoms with Gasteiger partial charge in [-0.1, -0.05) is 64.5 Å². The van der Waals surface area contributed by atoms with Crippen molar-refractivity contribution in [3.8, 4) is 5.75 Å². The van der Waals surface area contributed by atoms with Gasteiger partial charge in [0, 0.05) is 17.6 Å². The third-order valence-corrected chi connectivity index (χ3v) is 5.82. The van der Waals surface area contributed by atoms with Crippen LogP contribution in [0.5, 0.6) is 5.75 Å². The minimum atomic E-state index is -3.61. The Morgan fingerprint density at radius 2 is 1.77 bits per heavy atom. The van der Waals surface area contributed by atoms with Gasteiger partial charge in [-0.15, -0.1) is 0 Å². The van der Waals surface area contributed by atoms with Gasteiger partial charge in [-0.2, -0.15) is 4.31 Å². The number of halogens is 1. The molecule has 0 aliphatic heterocycles. The van der Waals surface area contributed by atoms with Gasteiger partial charge < -0.3 is 4.74 Å². The Labute approximate surface area is 164 Å². The van der Waals surface area contributed by atoms with Gasteiger partial charge in [-0.05, 0) is 36.8 Å². The maximum absolute atomic E-state index is 12.9. The molecule has 0 radical (unpaired) electrons. The molecular weight excluding hydrogens is 414 g/mol. The van der Waals surface area contributed by atoms with Crippen LogP contribution >= 0.6 is 15.9 Å². The molecule has 26 heavy (non-hydrogen) atoms. The Hall–Kier alpha value is -1.89. The summed E-state index contributed by atoms with van der Waals surface area (Å²) >= 11 is 3.27. The van der Waals surface area contributed by atoms with Crippen LogP contribution in [0.4, 0.5) is 0 Å². The van der Waals surface area contributed by atoms with Gasteiger partial charge in [0.2, 0.25) is 10.0 Å². The summed E-state index contributed by atoms with van der Waals surface area (Å²) in [6, 6.07) is 14.4. The van der Waals surface area contributed by atoms with Crippen molar-refractivity contribution in [3.63, 3.8) is 0 Å². The standard InChI is InChI=1S/C20H22BrNO3S/c1-16-6-12-20(13-7-16)26(23,24)22(15-17(2)21)14-4-5-18-8-10-19(25-3)11-9-18/h4-13H,2,14-15H2,1,3H3.